The zero-order valence-electron chi connectivity index (χ0n) is 14.0. The van der Waals surface area contributed by atoms with Crippen molar-refractivity contribution in [1.29, 1.82) is 0 Å². The molecular weight excluding hydrogens is 300 g/mol. The van der Waals surface area contributed by atoms with E-state index < -0.39 is 0 Å². The van der Waals surface area contributed by atoms with Crippen molar-refractivity contribution in [1.82, 2.24) is 9.88 Å². The second-order valence-corrected chi connectivity index (χ2v) is 6.46. The number of pyridine rings is 1. The van der Waals surface area contributed by atoms with Gasteiger partial charge in [-0.05, 0) is 49.1 Å². The molecule has 2 atom stereocenters. The van der Waals surface area contributed by atoms with E-state index in [0.29, 0.717) is 5.92 Å². The molecule has 0 aliphatic carbocycles. The predicted molar refractivity (Wildman–Crippen MR) is 95.5 cm³/mol. The van der Waals surface area contributed by atoms with E-state index in [1.165, 1.54) is 5.56 Å². The summed E-state index contributed by atoms with van der Waals surface area (Å²) >= 11 is 0. The lowest BCUT2D eigenvalue weighted by Gasteiger charge is -2.25. The summed E-state index contributed by atoms with van der Waals surface area (Å²) in [6, 6.07) is 13.5. The van der Waals surface area contributed by atoms with E-state index in [0.717, 1.165) is 37.4 Å². The van der Waals surface area contributed by atoms with Gasteiger partial charge in [0.25, 0.3) is 0 Å². The number of primary amides is 1. The zero-order valence-corrected chi connectivity index (χ0v) is 14.0. The number of aryl methyl sites for hydroxylation is 1. The van der Waals surface area contributed by atoms with Crippen LogP contribution < -0.4 is 11.1 Å². The molecule has 3 N–H and O–H groups in total. The smallest absolute Gasteiger partial charge is 0.239 e. The highest BCUT2D eigenvalue weighted by Gasteiger charge is 2.32. The van der Waals surface area contributed by atoms with Crippen LogP contribution in [-0.4, -0.2) is 35.4 Å². The number of nitrogens with two attached hydrogens (primary N) is 1. The Morgan fingerprint density at radius 2 is 2.17 bits per heavy atom. The van der Waals surface area contributed by atoms with E-state index in [-0.39, 0.29) is 11.9 Å². The van der Waals surface area contributed by atoms with E-state index in [2.05, 4.69) is 22.1 Å². The molecule has 1 amide bonds. The number of carbonyl (C=O) groups is 1. The first-order valence-electron chi connectivity index (χ1n) is 8.38. The average molecular weight is 324 g/mol. The van der Waals surface area contributed by atoms with Crippen molar-refractivity contribution >= 4 is 11.7 Å². The molecule has 0 unspecified atom stereocenters. The van der Waals surface area contributed by atoms with Gasteiger partial charge in [0, 0.05) is 19.3 Å². The Bertz CT molecular complexity index is 689. The molecule has 3 rings (SSSR count). The van der Waals surface area contributed by atoms with Crippen molar-refractivity contribution in [3.8, 4) is 0 Å². The second kappa shape index (κ2) is 7.45. The third-order valence-electron chi connectivity index (χ3n) is 4.55. The van der Waals surface area contributed by atoms with Crippen LogP contribution in [0, 0.1) is 12.8 Å². The normalized spacial score (nSPS) is 19.1. The molecule has 1 aromatic heterocycles. The number of amides is 1. The molecule has 0 radical (unpaired) electrons. The van der Waals surface area contributed by atoms with Gasteiger partial charge in [0.15, 0.2) is 0 Å². The van der Waals surface area contributed by atoms with Crippen molar-refractivity contribution < 1.29 is 4.79 Å². The maximum Gasteiger partial charge on any atom is 0.239 e. The standard InChI is InChI=1S/C19H24N4O/c1-14-7-9-21-17(11-14)22-12-15-8-10-23(13-15)18(19(20)24)16-5-3-2-4-6-16/h2-7,9,11,15,18H,8,10,12-13H2,1H3,(H2,20,24)(H,21,22)/t15-,18-/m0/s1. The molecule has 126 valence electrons. The van der Waals surface area contributed by atoms with Crippen molar-refractivity contribution in [3.63, 3.8) is 0 Å². The first kappa shape index (κ1) is 16.5. The Hall–Kier alpha value is -2.40. The largest absolute Gasteiger partial charge is 0.370 e. The van der Waals surface area contributed by atoms with Crippen LogP contribution >= 0.6 is 0 Å². The van der Waals surface area contributed by atoms with Crippen LogP contribution in [0.1, 0.15) is 23.6 Å². The Labute approximate surface area is 142 Å². The summed E-state index contributed by atoms with van der Waals surface area (Å²) in [6.07, 6.45) is 2.87. The monoisotopic (exact) mass is 324 g/mol. The highest BCUT2D eigenvalue weighted by Crippen LogP contribution is 2.27. The highest BCUT2D eigenvalue weighted by molar-refractivity contribution is 5.81. The molecule has 1 fully saturated rings. The number of anilines is 1. The number of rotatable bonds is 6. The van der Waals surface area contributed by atoms with Crippen LogP contribution in [-0.2, 0) is 4.79 Å². The highest BCUT2D eigenvalue weighted by atomic mass is 16.1. The van der Waals surface area contributed by atoms with E-state index in [1.807, 2.05) is 48.7 Å². The molecule has 1 aliphatic rings. The summed E-state index contributed by atoms with van der Waals surface area (Å²) in [4.78, 5) is 18.5. The summed E-state index contributed by atoms with van der Waals surface area (Å²) in [5.74, 6) is 1.11. The molecule has 1 aliphatic heterocycles. The first-order valence-corrected chi connectivity index (χ1v) is 8.38. The Morgan fingerprint density at radius 1 is 1.38 bits per heavy atom. The third-order valence-corrected chi connectivity index (χ3v) is 4.55. The number of likely N-dealkylation sites (tertiary alicyclic amines) is 1. The maximum absolute atomic E-state index is 12.0. The summed E-state index contributed by atoms with van der Waals surface area (Å²) in [7, 11) is 0. The topological polar surface area (TPSA) is 71.2 Å². The molecule has 2 heterocycles. The van der Waals surface area contributed by atoms with Gasteiger partial charge in [-0.25, -0.2) is 4.98 Å². The van der Waals surface area contributed by atoms with Gasteiger partial charge in [-0.15, -0.1) is 0 Å². The van der Waals surface area contributed by atoms with E-state index in [1.54, 1.807) is 0 Å². The van der Waals surface area contributed by atoms with Gasteiger partial charge in [0.05, 0.1) is 0 Å². The molecule has 5 nitrogen and oxygen atoms in total. The van der Waals surface area contributed by atoms with Gasteiger partial charge in [0.1, 0.15) is 11.9 Å². The minimum Gasteiger partial charge on any atom is -0.370 e. The van der Waals surface area contributed by atoms with Crippen LogP contribution in [0.15, 0.2) is 48.7 Å². The number of benzene rings is 1. The summed E-state index contributed by atoms with van der Waals surface area (Å²) in [5, 5.41) is 3.40. The quantitative estimate of drug-likeness (QED) is 0.855. The molecule has 1 aromatic carbocycles. The molecule has 0 saturated carbocycles. The Kier molecular flexibility index (Phi) is 5.11. The number of nitrogens with zero attached hydrogens (tertiary/aromatic N) is 2. The number of nitrogens with one attached hydrogen (secondary N) is 1. The van der Waals surface area contributed by atoms with Crippen molar-refractivity contribution in [3.05, 3.63) is 59.8 Å². The van der Waals surface area contributed by atoms with Gasteiger partial charge < -0.3 is 11.1 Å². The zero-order chi connectivity index (χ0) is 16.9. The Balaban J connectivity index is 1.60. The first-order chi connectivity index (χ1) is 11.6. The second-order valence-electron chi connectivity index (χ2n) is 6.46. The molecule has 5 heteroatoms. The lowest BCUT2D eigenvalue weighted by Crippen LogP contribution is -2.36. The minimum atomic E-state index is -0.340. The summed E-state index contributed by atoms with van der Waals surface area (Å²) in [6.45, 7) is 4.66. The van der Waals surface area contributed by atoms with Gasteiger partial charge >= 0.3 is 0 Å². The number of hydrogen-bond donors (Lipinski definition) is 2. The van der Waals surface area contributed by atoms with E-state index in [9.17, 15) is 4.79 Å². The van der Waals surface area contributed by atoms with E-state index in [4.69, 9.17) is 5.73 Å². The van der Waals surface area contributed by atoms with Crippen molar-refractivity contribution in [2.75, 3.05) is 25.0 Å². The number of hydrogen-bond acceptors (Lipinski definition) is 4. The van der Waals surface area contributed by atoms with Crippen LogP contribution in [0.3, 0.4) is 0 Å². The third kappa shape index (κ3) is 3.92. The number of carbonyl (C=O) groups excluding carboxylic acids is 1. The molecule has 1 saturated heterocycles. The van der Waals surface area contributed by atoms with Gasteiger partial charge in [0.2, 0.25) is 5.91 Å². The lowest BCUT2D eigenvalue weighted by molar-refractivity contribution is -0.123. The Morgan fingerprint density at radius 3 is 2.88 bits per heavy atom. The summed E-state index contributed by atoms with van der Waals surface area (Å²) in [5.41, 5.74) is 7.83. The molecule has 2 aromatic rings. The van der Waals surface area contributed by atoms with Crippen molar-refractivity contribution in [2.45, 2.75) is 19.4 Å². The van der Waals surface area contributed by atoms with Gasteiger partial charge in [-0.2, -0.15) is 0 Å². The molecule has 0 spiro atoms. The maximum atomic E-state index is 12.0. The van der Waals surface area contributed by atoms with Crippen LogP contribution in [0.5, 0.6) is 0 Å². The fourth-order valence-corrected chi connectivity index (χ4v) is 3.34. The average Bonchev–Trinajstić information content (AvgIpc) is 3.02. The van der Waals surface area contributed by atoms with Gasteiger partial charge in [-0.1, -0.05) is 30.3 Å². The molecule has 24 heavy (non-hydrogen) atoms. The van der Waals surface area contributed by atoms with E-state index >= 15 is 0 Å². The predicted octanol–water partition coefficient (Wildman–Crippen LogP) is 2.35. The molecule has 0 bridgehead atoms. The SMILES string of the molecule is Cc1ccnc(NC[C@@H]2CCN([C@H](C(N)=O)c3ccccc3)C2)c1. The summed E-state index contributed by atoms with van der Waals surface area (Å²) < 4.78 is 0. The minimum absolute atomic E-state index is 0.282. The van der Waals surface area contributed by atoms with Crippen LogP contribution in [0.25, 0.3) is 0 Å². The lowest BCUT2D eigenvalue weighted by atomic mass is 10.0. The van der Waals surface area contributed by atoms with Crippen molar-refractivity contribution in [2.24, 2.45) is 11.7 Å². The van der Waals surface area contributed by atoms with Crippen LogP contribution in [0.2, 0.25) is 0 Å². The fraction of sp³-hybridized carbons (Fsp3) is 0.368. The molecular formula is C19H24N4O. The number of aromatic nitrogens is 1. The van der Waals surface area contributed by atoms with Crippen LogP contribution in [0.4, 0.5) is 5.82 Å². The van der Waals surface area contributed by atoms with Gasteiger partial charge in [-0.3, -0.25) is 9.69 Å². The fourth-order valence-electron chi connectivity index (χ4n) is 3.34.